The van der Waals surface area contributed by atoms with Gasteiger partial charge in [0.1, 0.15) is 5.15 Å². The molecule has 2 atom stereocenters. The summed E-state index contributed by atoms with van der Waals surface area (Å²) in [4.78, 5) is 4.02. The predicted octanol–water partition coefficient (Wildman–Crippen LogP) is 4.25. The van der Waals surface area contributed by atoms with Gasteiger partial charge < -0.3 is 0 Å². The second-order valence-electron chi connectivity index (χ2n) is 4.79. The van der Waals surface area contributed by atoms with Crippen molar-refractivity contribution in [1.82, 2.24) is 4.98 Å². The van der Waals surface area contributed by atoms with Gasteiger partial charge >= 0.3 is 0 Å². The summed E-state index contributed by atoms with van der Waals surface area (Å²) in [6.45, 7) is 0. The third-order valence-electron chi connectivity index (χ3n) is 3.21. The summed E-state index contributed by atoms with van der Waals surface area (Å²) >= 11 is 11.7. The van der Waals surface area contributed by atoms with Crippen LogP contribution in [0.4, 0.5) is 0 Å². The van der Waals surface area contributed by atoms with Gasteiger partial charge in [-0.15, -0.1) is 4.36 Å². The summed E-state index contributed by atoms with van der Waals surface area (Å²) in [5, 5.41) is 9.32. The van der Waals surface area contributed by atoms with Crippen LogP contribution in [-0.2, 0) is 16.1 Å². The van der Waals surface area contributed by atoms with Crippen molar-refractivity contribution in [3.8, 4) is 6.19 Å². The summed E-state index contributed by atoms with van der Waals surface area (Å²) in [7, 11) is -2.75. The highest BCUT2D eigenvalue weighted by molar-refractivity contribution is 7.93. The molecule has 0 radical (unpaired) electrons. The molecular formula is C15H13Cl2N3OS. The van der Waals surface area contributed by atoms with Crippen LogP contribution in [0, 0.1) is 11.5 Å². The van der Waals surface area contributed by atoms with Crippen LogP contribution in [-0.4, -0.2) is 15.4 Å². The van der Waals surface area contributed by atoms with Crippen molar-refractivity contribution >= 4 is 32.9 Å². The van der Waals surface area contributed by atoms with Crippen LogP contribution in [0.2, 0.25) is 10.2 Å². The van der Waals surface area contributed by atoms with Crippen molar-refractivity contribution in [2.45, 2.75) is 11.7 Å². The number of halogens is 2. The molecule has 0 amide bonds. The van der Waals surface area contributed by atoms with Gasteiger partial charge in [-0.1, -0.05) is 41.4 Å². The Kier molecular flexibility index (Phi) is 5.41. The minimum absolute atomic E-state index is 0.355. The van der Waals surface area contributed by atoms with E-state index < -0.39 is 15.0 Å². The van der Waals surface area contributed by atoms with E-state index in [1.54, 1.807) is 36.7 Å². The Morgan fingerprint density at radius 1 is 1.27 bits per heavy atom. The fourth-order valence-electron chi connectivity index (χ4n) is 2.08. The number of nitrogens with zero attached hydrogens (tertiary/aromatic N) is 3. The van der Waals surface area contributed by atoms with E-state index in [-0.39, 0.29) is 0 Å². The Balaban J connectivity index is 2.44. The van der Waals surface area contributed by atoms with Gasteiger partial charge in [-0.2, -0.15) is 5.26 Å². The van der Waals surface area contributed by atoms with E-state index in [0.717, 1.165) is 11.1 Å². The SMILES string of the molecule is CS(=O)(=NC#N)C(Cc1ccc(Cl)cc1)c1ccc(Cl)nc1. The number of pyridine rings is 1. The first kappa shape index (κ1) is 16.8. The Hall–Kier alpha value is -1.61. The predicted molar refractivity (Wildman–Crippen MR) is 89.3 cm³/mol. The molecule has 114 valence electrons. The zero-order valence-corrected chi connectivity index (χ0v) is 14.1. The van der Waals surface area contributed by atoms with Gasteiger partial charge in [0.2, 0.25) is 6.19 Å². The van der Waals surface area contributed by atoms with Crippen molar-refractivity contribution in [1.29, 1.82) is 5.26 Å². The summed E-state index contributed by atoms with van der Waals surface area (Å²) in [6, 6.07) is 10.7. The normalized spacial score (nSPS) is 14.6. The zero-order valence-electron chi connectivity index (χ0n) is 11.7. The largest absolute Gasteiger partial charge is 0.248 e. The molecular weight excluding hydrogens is 341 g/mol. The molecule has 0 saturated carbocycles. The quantitative estimate of drug-likeness (QED) is 0.609. The summed E-state index contributed by atoms with van der Waals surface area (Å²) in [5.74, 6) is 0. The van der Waals surface area contributed by atoms with Crippen LogP contribution in [0.25, 0.3) is 0 Å². The summed E-state index contributed by atoms with van der Waals surface area (Å²) in [5.41, 5.74) is 1.68. The molecule has 7 heteroatoms. The van der Waals surface area contributed by atoms with Gasteiger partial charge in [0.05, 0.1) is 15.0 Å². The van der Waals surface area contributed by atoms with Gasteiger partial charge in [0, 0.05) is 17.5 Å². The average Bonchev–Trinajstić information content (AvgIpc) is 2.47. The molecule has 2 unspecified atom stereocenters. The van der Waals surface area contributed by atoms with E-state index in [2.05, 4.69) is 9.35 Å². The number of hydrogen-bond donors (Lipinski definition) is 0. The zero-order chi connectivity index (χ0) is 16.2. The Morgan fingerprint density at radius 2 is 1.95 bits per heavy atom. The second kappa shape index (κ2) is 7.10. The molecule has 0 aliphatic rings. The maximum Gasteiger partial charge on any atom is 0.214 e. The molecule has 4 nitrogen and oxygen atoms in total. The first-order valence-corrected chi connectivity index (χ1v) is 9.11. The molecule has 2 rings (SSSR count). The molecule has 1 aromatic heterocycles. The number of hydrogen-bond acceptors (Lipinski definition) is 4. The minimum Gasteiger partial charge on any atom is -0.248 e. The number of benzene rings is 1. The smallest absolute Gasteiger partial charge is 0.214 e. The lowest BCUT2D eigenvalue weighted by atomic mass is 10.1. The van der Waals surface area contributed by atoms with Crippen molar-refractivity contribution in [2.75, 3.05) is 6.26 Å². The third-order valence-corrected chi connectivity index (χ3v) is 5.62. The number of nitriles is 1. The minimum atomic E-state index is -2.75. The van der Waals surface area contributed by atoms with Gasteiger partial charge in [-0.25, -0.2) is 9.19 Å². The molecule has 1 aromatic carbocycles. The van der Waals surface area contributed by atoms with Crippen molar-refractivity contribution in [3.63, 3.8) is 0 Å². The van der Waals surface area contributed by atoms with E-state index >= 15 is 0 Å². The van der Waals surface area contributed by atoms with Crippen LogP contribution in [0.15, 0.2) is 47.0 Å². The van der Waals surface area contributed by atoms with Crippen LogP contribution in [0.5, 0.6) is 0 Å². The molecule has 0 spiro atoms. The van der Waals surface area contributed by atoms with Gasteiger partial charge in [0.25, 0.3) is 0 Å². The molecule has 0 fully saturated rings. The fourth-order valence-corrected chi connectivity index (χ4v) is 3.76. The summed E-state index contributed by atoms with van der Waals surface area (Å²) < 4.78 is 16.4. The lowest BCUT2D eigenvalue weighted by Gasteiger charge is -2.18. The first-order chi connectivity index (χ1) is 10.4. The lowest BCUT2D eigenvalue weighted by molar-refractivity contribution is 0.667. The maximum atomic E-state index is 12.8. The van der Waals surface area contributed by atoms with E-state index in [0.29, 0.717) is 16.6 Å². The monoisotopic (exact) mass is 353 g/mol. The maximum absolute atomic E-state index is 12.8. The van der Waals surface area contributed by atoms with Crippen LogP contribution >= 0.6 is 23.2 Å². The van der Waals surface area contributed by atoms with Gasteiger partial charge in [-0.05, 0) is 35.7 Å². The van der Waals surface area contributed by atoms with E-state index in [1.165, 1.54) is 6.26 Å². The van der Waals surface area contributed by atoms with Crippen molar-refractivity contribution in [3.05, 3.63) is 63.9 Å². The second-order valence-corrected chi connectivity index (χ2v) is 8.08. The molecule has 0 bridgehead atoms. The van der Waals surface area contributed by atoms with Crippen LogP contribution in [0.1, 0.15) is 16.4 Å². The fraction of sp³-hybridized carbons (Fsp3) is 0.200. The molecule has 22 heavy (non-hydrogen) atoms. The lowest BCUT2D eigenvalue weighted by Crippen LogP contribution is -2.14. The van der Waals surface area contributed by atoms with E-state index in [4.69, 9.17) is 28.5 Å². The number of rotatable bonds is 4. The highest BCUT2D eigenvalue weighted by atomic mass is 35.5. The molecule has 0 aliphatic carbocycles. The Bertz CT molecular complexity index is 804. The third kappa shape index (κ3) is 4.20. The molecule has 0 aliphatic heterocycles. The average molecular weight is 354 g/mol. The van der Waals surface area contributed by atoms with Gasteiger partial charge in [0.15, 0.2) is 0 Å². The summed E-state index contributed by atoms with van der Waals surface area (Å²) in [6.07, 6.45) is 5.15. The standard InChI is InChI=1S/C15H13Cl2N3OS/c1-22(21,20-10-18)14(12-4-7-15(17)19-9-12)8-11-2-5-13(16)6-3-11/h2-7,9,14H,8H2,1H3. The van der Waals surface area contributed by atoms with Crippen molar-refractivity contribution in [2.24, 2.45) is 4.36 Å². The Labute approximate surface area is 139 Å². The molecule has 0 N–H and O–H groups in total. The van der Waals surface area contributed by atoms with E-state index in [1.807, 2.05) is 12.1 Å². The van der Waals surface area contributed by atoms with Crippen molar-refractivity contribution < 1.29 is 4.21 Å². The molecule has 2 aromatic rings. The van der Waals surface area contributed by atoms with E-state index in [9.17, 15) is 4.21 Å². The Morgan fingerprint density at radius 3 is 2.50 bits per heavy atom. The molecule has 1 heterocycles. The van der Waals surface area contributed by atoms with Crippen LogP contribution < -0.4 is 0 Å². The topological polar surface area (TPSA) is 66.1 Å². The highest BCUT2D eigenvalue weighted by Gasteiger charge is 2.22. The van der Waals surface area contributed by atoms with Crippen LogP contribution in [0.3, 0.4) is 0 Å². The highest BCUT2D eigenvalue weighted by Crippen LogP contribution is 2.28. The number of aromatic nitrogens is 1. The first-order valence-electron chi connectivity index (χ1n) is 6.37. The molecule has 0 saturated heterocycles. The van der Waals surface area contributed by atoms with Gasteiger partial charge in [-0.3, -0.25) is 0 Å².